The molecule has 20 heavy (non-hydrogen) atoms. The highest BCUT2D eigenvalue weighted by atomic mass is 33.1. The maximum Gasteiger partial charge on any atom is 0.0793 e. The summed E-state index contributed by atoms with van der Waals surface area (Å²) in [6.45, 7) is 4.10. The molecule has 0 aliphatic carbocycles. The Morgan fingerprint density at radius 3 is 2.75 bits per heavy atom. The van der Waals surface area contributed by atoms with Crippen LogP contribution in [0.25, 0.3) is 0 Å². The first-order valence-electron chi connectivity index (χ1n) is 8.04. The van der Waals surface area contributed by atoms with Crippen LogP contribution in [0.15, 0.2) is 0 Å². The number of nitrogens with zero attached hydrogens (tertiary/aromatic N) is 2. The van der Waals surface area contributed by atoms with Gasteiger partial charge in [0.2, 0.25) is 0 Å². The van der Waals surface area contributed by atoms with E-state index >= 15 is 0 Å². The molecular weight excluding hydrogens is 324 g/mol. The lowest BCUT2D eigenvalue weighted by atomic mass is 10.1. The minimum Gasteiger partial charge on any atom is -0.298 e. The van der Waals surface area contributed by atoms with Crippen molar-refractivity contribution < 1.29 is 0 Å². The molecule has 6 unspecified atom stereocenters. The van der Waals surface area contributed by atoms with E-state index in [-0.39, 0.29) is 0 Å². The molecule has 5 fully saturated rings. The van der Waals surface area contributed by atoms with E-state index in [1.54, 1.807) is 0 Å². The Bertz CT molecular complexity index is 359. The van der Waals surface area contributed by atoms with Gasteiger partial charge >= 0.3 is 0 Å². The van der Waals surface area contributed by atoms with Crippen LogP contribution >= 0.6 is 43.2 Å². The monoisotopic (exact) mass is 346 g/mol. The minimum absolute atomic E-state index is 0.807. The zero-order valence-electron chi connectivity index (χ0n) is 11.6. The standard InChI is InChI=1S/C14H22N2S4/c1-3-9-7-11-14(16(9)6-1)20-18-12-8-15-5-2-4-10(15)13(12)19-17-11/h9-14H,1-8H2. The van der Waals surface area contributed by atoms with E-state index in [2.05, 4.69) is 53.0 Å². The summed E-state index contributed by atoms with van der Waals surface area (Å²) in [6.07, 6.45) is 7.27. The van der Waals surface area contributed by atoms with Gasteiger partial charge in [-0.2, -0.15) is 0 Å². The maximum absolute atomic E-state index is 2.84. The Morgan fingerprint density at radius 2 is 1.75 bits per heavy atom. The Hall–Kier alpha value is 1.32. The Kier molecular flexibility index (Phi) is 3.74. The van der Waals surface area contributed by atoms with Crippen molar-refractivity contribution in [3.8, 4) is 0 Å². The molecule has 5 heterocycles. The molecule has 0 aromatic heterocycles. The molecule has 0 aromatic carbocycles. The summed E-state index contributed by atoms with van der Waals surface area (Å²) in [6, 6.07) is 1.83. The second-order valence-electron chi connectivity index (χ2n) is 6.79. The van der Waals surface area contributed by atoms with Crippen molar-refractivity contribution in [1.82, 2.24) is 9.80 Å². The van der Waals surface area contributed by atoms with Crippen LogP contribution in [0, 0.1) is 0 Å². The van der Waals surface area contributed by atoms with Gasteiger partial charge in [0.05, 0.1) is 5.37 Å². The average molecular weight is 347 g/mol. The van der Waals surface area contributed by atoms with Gasteiger partial charge in [-0.1, -0.05) is 43.2 Å². The summed E-state index contributed by atoms with van der Waals surface area (Å²) >= 11 is 0. The van der Waals surface area contributed by atoms with E-state index in [1.807, 2.05) is 0 Å². The van der Waals surface area contributed by atoms with Crippen LogP contribution in [0.1, 0.15) is 32.1 Å². The van der Waals surface area contributed by atoms with Crippen LogP contribution in [0.2, 0.25) is 0 Å². The van der Waals surface area contributed by atoms with E-state index in [0.29, 0.717) is 0 Å². The molecule has 0 radical (unpaired) electrons. The second kappa shape index (κ2) is 5.45. The third-order valence-electron chi connectivity index (χ3n) is 5.71. The van der Waals surface area contributed by atoms with Crippen LogP contribution in [-0.2, 0) is 0 Å². The molecule has 0 aromatic rings. The van der Waals surface area contributed by atoms with Crippen molar-refractivity contribution >= 4 is 43.2 Å². The molecular formula is C14H22N2S4. The maximum atomic E-state index is 2.84. The third-order valence-corrected chi connectivity index (χ3v) is 12.7. The van der Waals surface area contributed by atoms with Gasteiger partial charge in [0.1, 0.15) is 0 Å². The molecule has 6 atom stereocenters. The third kappa shape index (κ3) is 2.12. The lowest BCUT2D eigenvalue weighted by Crippen LogP contribution is -2.33. The molecule has 0 amide bonds. The van der Waals surface area contributed by atoms with Gasteiger partial charge in [-0.3, -0.25) is 9.80 Å². The molecule has 0 saturated carbocycles. The van der Waals surface area contributed by atoms with Gasteiger partial charge in [-0.25, -0.2) is 0 Å². The lowest BCUT2D eigenvalue weighted by molar-refractivity contribution is 0.306. The predicted octanol–water partition coefficient (Wildman–Crippen LogP) is 3.54. The minimum atomic E-state index is 0.807. The summed E-state index contributed by atoms with van der Waals surface area (Å²) < 4.78 is 0. The molecule has 112 valence electrons. The molecule has 0 N–H and O–H groups in total. The van der Waals surface area contributed by atoms with Crippen molar-refractivity contribution in [1.29, 1.82) is 0 Å². The van der Waals surface area contributed by atoms with E-state index in [9.17, 15) is 0 Å². The summed E-state index contributed by atoms with van der Waals surface area (Å²) in [5, 5.41) is 3.47. The van der Waals surface area contributed by atoms with Crippen LogP contribution in [0.3, 0.4) is 0 Å². The van der Waals surface area contributed by atoms with Crippen LogP contribution < -0.4 is 0 Å². The molecule has 6 heteroatoms. The highest BCUT2D eigenvalue weighted by Crippen LogP contribution is 2.57. The van der Waals surface area contributed by atoms with Crippen molar-refractivity contribution in [3.05, 3.63) is 0 Å². The zero-order chi connectivity index (χ0) is 13.1. The molecule has 0 bridgehead atoms. The van der Waals surface area contributed by atoms with Crippen molar-refractivity contribution in [2.75, 3.05) is 19.6 Å². The highest BCUT2D eigenvalue weighted by molar-refractivity contribution is 8.80. The normalized spacial score (nSPS) is 52.2. The molecule has 0 spiro atoms. The Balaban J connectivity index is 1.34. The summed E-state index contributed by atoms with van der Waals surface area (Å²) in [7, 11) is 9.03. The first-order chi connectivity index (χ1) is 9.90. The number of hydrogen-bond donors (Lipinski definition) is 0. The fourth-order valence-electron chi connectivity index (χ4n) is 4.76. The van der Waals surface area contributed by atoms with Crippen LogP contribution in [-0.4, -0.2) is 62.6 Å². The second-order valence-corrected chi connectivity index (χ2v) is 12.1. The van der Waals surface area contributed by atoms with E-state index in [1.165, 1.54) is 51.7 Å². The van der Waals surface area contributed by atoms with Gasteiger partial charge in [0.15, 0.2) is 0 Å². The summed E-state index contributed by atoms with van der Waals surface area (Å²) in [5.74, 6) is 0. The first kappa shape index (κ1) is 13.7. The summed E-state index contributed by atoms with van der Waals surface area (Å²) in [4.78, 5) is 5.63. The molecule has 5 rings (SSSR count). The van der Waals surface area contributed by atoms with E-state index < -0.39 is 0 Å². The number of fused-ring (bicyclic) bond motifs is 6. The van der Waals surface area contributed by atoms with Crippen molar-refractivity contribution in [3.63, 3.8) is 0 Å². The zero-order valence-corrected chi connectivity index (χ0v) is 14.9. The largest absolute Gasteiger partial charge is 0.298 e. The fraction of sp³-hybridized carbons (Fsp3) is 1.00. The highest BCUT2D eigenvalue weighted by Gasteiger charge is 2.50. The molecule has 5 aliphatic heterocycles. The fourth-order valence-corrected chi connectivity index (χ4v) is 13.4. The Morgan fingerprint density at radius 1 is 0.850 bits per heavy atom. The van der Waals surface area contributed by atoms with Crippen LogP contribution in [0.5, 0.6) is 0 Å². The lowest BCUT2D eigenvalue weighted by Gasteiger charge is -2.31. The Labute approximate surface area is 137 Å². The van der Waals surface area contributed by atoms with Crippen molar-refractivity contribution in [2.45, 2.75) is 65.3 Å². The van der Waals surface area contributed by atoms with E-state index in [4.69, 9.17) is 0 Å². The molecule has 2 nitrogen and oxygen atoms in total. The average Bonchev–Trinajstić information content (AvgIpc) is 3.12. The van der Waals surface area contributed by atoms with Crippen molar-refractivity contribution in [2.24, 2.45) is 0 Å². The SMILES string of the molecule is C1CC2C3SSC4CC5CCCN5C4SSC3CN2C1. The molecule has 5 saturated heterocycles. The molecule has 5 aliphatic rings. The van der Waals surface area contributed by atoms with Gasteiger partial charge in [0, 0.05) is 34.4 Å². The van der Waals surface area contributed by atoms with Gasteiger partial charge < -0.3 is 0 Å². The predicted molar refractivity (Wildman–Crippen MR) is 94.5 cm³/mol. The van der Waals surface area contributed by atoms with Crippen LogP contribution in [0.4, 0.5) is 0 Å². The number of hydrogen-bond acceptors (Lipinski definition) is 6. The first-order valence-corrected chi connectivity index (χ1v) is 12.6. The van der Waals surface area contributed by atoms with Gasteiger partial charge in [-0.05, 0) is 45.2 Å². The smallest absolute Gasteiger partial charge is 0.0793 e. The topological polar surface area (TPSA) is 6.48 Å². The van der Waals surface area contributed by atoms with Gasteiger partial charge in [-0.15, -0.1) is 0 Å². The number of rotatable bonds is 0. The summed E-state index contributed by atoms with van der Waals surface area (Å²) in [5.41, 5.74) is 0. The quantitative estimate of drug-likeness (QED) is 0.615. The van der Waals surface area contributed by atoms with Gasteiger partial charge in [0.25, 0.3) is 0 Å². The van der Waals surface area contributed by atoms with E-state index in [0.717, 1.165) is 33.2 Å².